The summed E-state index contributed by atoms with van der Waals surface area (Å²) in [6, 6.07) is 4.13. The van der Waals surface area contributed by atoms with Gasteiger partial charge in [-0.15, -0.1) is 0 Å². The van der Waals surface area contributed by atoms with Crippen LogP contribution in [-0.4, -0.2) is 21.0 Å². The van der Waals surface area contributed by atoms with Crippen molar-refractivity contribution in [2.45, 2.75) is 13.3 Å². The Hall–Kier alpha value is -2.02. The van der Waals surface area contributed by atoms with Gasteiger partial charge in [0.2, 0.25) is 0 Å². The predicted octanol–water partition coefficient (Wildman–Crippen LogP) is 2.27. The number of carbonyl (C=O) groups is 1. The number of rotatable bonds is 3. The Bertz CT molecular complexity index is 723. The number of aryl methyl sites for hydroxylation is 1. The molecular weight excluding hydrogens is 331 g/mol. The molecule has 2 rings (SSSR count). The Morgan fingerprint density at radius 3 is 2.70 bits per heavy atom. The third kappa shape index (κ3) is 3.11. The van der Waals surface area contributed by atoms with E-state index in [1.165, 1.54) is 12.1 Å². The number of carboxylic acid groups (broad SMARTS) is 1. The number of nitrogens with one attached hydrogen (secondary N) is 1. The third-order valence-corrected chi connectivity index (χ3v) is 3.14. The number of hydrogen-bond donors (Lipinski definition) is 2. The highest BCUT2D eigenvalue weighted by molar-refractivity contribution is 9.10. The minimum Gasteiger partial charge on any atom is -0.481 e. The molecule has 0 aliphatic rings. The van der Waals surface area contributed by atoms with Gasteiger partial charge in [-0.05, 0) is 25.1 Å². The van der Waals surface area contributed by atoms with Crippen molar-refractivity contribution >= 4 is 21.9 Å². The lowest BCUT2D eigenvalue weighted by Gasteiger charge is -2.06. The normalized spacial score (nSPS) is 10.6. The van der Waals surface area contributed by atoms with Crippen LogP contribution in [0.1, 0.15) is 11.3 Å². The first-order valence-corrected chi connectivity index (χ1v) is 6.44. The maximum absolute atomic E-state index is 13.3. The van der Waals surface area contributed by atoms with Crippen molar-refractivity contribution in [3.8, 4) is 11.4 Å². The number of hydrogen-bond acceptors (Lipinski definition) is 3. The van der Waals surface area contributed by atoms with Gasteiger partial charge in [0.15, 0.2) is 0 Å². The minimum absolute atomic E-state index is 0.0942. The minimum atomic E-state index is -1.11. The van der Waals surface area contributed by atoms with Crippen molar-refractivity contribution in [3.05, 3.63) is 50.1 Å². The molecule has 2 aromatic rings. The Morgan fingerprint density at radius 1 is 1.45 bits per heavy atom. The number of aromatic nitrogens is 2. The van der Waals surface area contributed by atoms with E-state index in [1.807, 2.05) is 0 Å². The molecule has 20 heavy (non-hydrogen) atoms. The largest absolute Gasteiger partial charge is 0.481 e. The lowest BCUT2D eigenvalue weighted by Crippen LogP contribution is -2.20. The zero-order chi connectivity index (χ0) is 14.9. The summed E-state index contributed by atoms with van der Waals surface area (Å²) in [7, 11) is 0. The second kappa shape index (κ2) is 5.54. The number of aliphatic carboxylic acids is 1. The first-order valence-electron chi connectivity index (χ1n) is 5.65. The molecule has 0 unspecified atom stereocenters. The third-order valence-electron chi connectivity index (χ3n) is 2.69. The number of H-pyrrole nitrogens is 1. The van der Waals surface area contributed by atoms with Crippen molar-refractivity contribution in [1.29, 1.82) is 0 Å². The molecule has 0 aliphatic carbocycles. The summed E-state index contributed by atoms with van der Waals surface area (Å²) < 4.78 is 13.9. The zero-order valence-electron chi connectivity index (χ0n) is 10.4. The van der Waals surface area contributed by atoms with Gasteiger partial charge in [-0.2, -0.15) is 0 Å². The van der Waals surface area contributed by atoms with Gasteiger partial charge in [0, 0.05) is 21.3 Å². The number of benzene rings is 1. The quantitative estimate of drug-likeness (QED) is 0.897. The predicted molar refractivity (Wildman–Crippen MR) is 74.0 cm³/mol. The molecule has 1 heterocycles. The smallest absolute Gasteiger partial charge is 0.308 e. The Labute approximate surface area is 121 Å². The molecule has 7 heteroatoms. The second-order valence-electron chi connectivity index (χ2n) is 4.21. The zero-order valence-corrected chi connectivity index (χ0v) is 12.0. The molecule has 0 aliphatic heterocycles. The number of halogens is 2. The molecule has 0 saturated heterocycles. The number of nitrogens with zero attached hydrogens (tertiary/aromatic N) is 1. The fourth-order valence-corrected chi connectivity index (χ4v) is 2.26. The van der Waals surface area contributed by atoms with Crippen LogP contribution in [-0.2, 0) is 11.2 Å². The fourth-order valence-electron chi connectivity index (χ4n) is 1.80. The fraction of sp³-hybridized carbons (Fsp3) is 0.154. The molecule has 0 spiro atoms. The van der Waals surface area contributed by atoms with Gasteiger partial charge >= 0.3 is 5.97 Å². The average molecular weight is 341 g/mol. The highest BCUT2D eigenvalue weighted by Gasteiger charge is 2.13. The topological polar surface area (TPSA) is 83.0 Å². The van der Waals surface area contributed by atoms with Crippen LogP contribution in [0.2, 0.25) is 0 Å². The van der Waals surface area contributed by atoms with Crippen molar-refractivity contribution in [1.82, 2.24) is 9.97 Å². The van der Waals surface area contributed by atoms with Crippen LogP contribution in [0.3, 0.4) is 0 Å². The molecule has 5 nitrogen and oxygen atoms in total. The Balaban J connectivity index is 2.54. The van der Waals surface area contributed by atoms with E-state index in [0.29, 0.717) is 15.7 Å². The second-order valence-corrected chi connectivity index (χ2v) is 5.12. The maximum atomic E-state index is 13.3. The van der Waals surface area contributed by atoms with E-state index in [9.17, 15) is 14.0 Å². The van der Waals surface area contributed by atoms with E-state index < -0.39 is 23.8 Å². The number of carboxylic acids is 1. The molecule has 0 atom stereocenters. The number of aromatic amines is 1. The molecule has 0 saturated carbocycles. The molecule has 104 valence electrons. The van der Waals surface area contributed by atoms with Gasteiger partial charge in [0.1, 0.15) is 11.6 Å². The van der Waals surface area contributed by atoms with E-state index in [4.69, 9.17) is 5.11 Å². The van der Waals surface area contributed by atoms with Gasteiger partial charge in [0.05, 0.1) is 6.42 Å². The molecule has 1 aromatic heterocycles. The van der Waals surface area contributed by atoms with Crippen molar-refractivity contribution in [2.24, 2.45) is 0 Å². The molecule has 0 fully saturated rings. The molecule has 0 bridgehead atoms. The van der Waals surface area contributed by atoms with Crippen molar-refractivity contribution < 1.29 is 14.3 Å². The highest BCUT2D eigenvalue weighted by Crippen LogP contribution is 2.21. The average Bonchev–Trinajstić information content (AvgIpc) is 2.32. The first-order chi connectivity index (χ1) is 9.36. The molecular formula is C13H10BrFN2O3. The van der Waals surface area contributed by atoms with E-state index >= 15 is 0 Å². The van der Waals surface area contributed by atoms with Crippen LogP contribution < -0.4 is 5.56 Å². The summed E-state index contributed by atoms with van der Waals surface area (Å²) >= 11 is 3.16. The van der Waals surface area contributed by atoms with Crippen LogP contribution in [0.4, 0.5) is 4.39 Å². The van der Waals surface area contributed by atoms with E-state index in [0.717, 1.165) is 0 Å². The van der Waals surface area contributed by atoms with Gasteiger partial charge in [-0.1, -0.05) is 15.9 Å². The summed E-state index contributed by atoms with van der Waals surface area (Å²) in [4.78, 5) is 29.2. The summed E-state index contributed by atoms with van der Waals surface area (Å²) in [6.45, 7) is 1.55. The Kier molecular flexibility index (Phi) is 3.99. The van der Waals surface area contributed by atoms with Crippen LogP contribution in [0.5, 0.6) is 0 Å². The van der Waals surface area contributed by atoms with Gasteiger partial charge in [0.25, 0.3) is 5.56 Å². The lowest BCUT2D eigenvalue weighted by atomic mass is 10.1. The molecule has 2 N–H and O–H groups in total. The summed E-state index contributed by atoms with van der Waals surface area (Å²) in [5, 5.41) is 8.74. The van der Waals surface area contributed by atoms with Crippen molar-refractivity contribution in [3.63, 3.8) is 0 Å². The lowest BCUT2D eigenvalue weighted by molar-refractivity contribution is -0.136. The molecule has 0 amide bonds. The van der Waals surface area contributed by atoms with Crippen LogP contribution in [0.15, 0.2) is 27.5 Å². The van der Waals surface area contributed by atoms with Crippen LogP contribution in [0.25, 0.3) is 11.4 Å². The van der Waals surface area contributed by atoms with Crippen LogP contribution in [0, 0.1) is 12.7 Å². The summed E-state index contributed by atoms with van der Waals surface area (Å²) in [5.74, 6) is -1.38. The monoisotopic (exact) mass is 340 g/mol. The van der Waals surface area contributed by atoms with Gasteiger partial charge in [-0.25, -0.2) is 9.37 Å². The van der Waals surface area contributed by atoms with Gasteiger partial charge in [-0.3, -0.25) is 9.59 Å². The first kappa shape index (κ1) is 14.4. The Morgan fingerprint density at radius 2 is 2.15 bits per heavy atom. The highest BCUT2D eigenvalue weighted by atomic mass is 79.9. The summed E-state index contributed by atoms with van der Waals surface area (Å²) in [5.41, 5.74) is 0.275. The SMILES string of the molecule is Cc1nc(-c2cc(F)cc(Br)c2)[nH]c(=O)c1CC(=O)O. The molecule has 1 aromatic carbocycles. The van der Waals surface area contributed by atoms with Crippen molar-refractivity contribution in [2.75, 3.05) is 0 Å². The van der Waals surface area contributed by atoms with E-state index in [-0.39, 0.29) is 11.4 Å². The summed E-state index contributed by atoms with van der Waals surface area (Å²) in [6.07, 6.45) is -0.401. The standard InChI is InChI=1S/C13H10BrFN2O3/c1-6-10(5-11(18)19)13(20)17-12(16-6)7-2-8(14)4-9(15)3-7/h2-4H,5H2,1H3,(H,18,19)(H,16,17,20). The molecule has 0 radical (unpaired) electrons. The van der Waals surface area contributed by atoms with Crippen LogP contribution >= 0.6 is 15.9 Å². The van der Waals surface area contributed by atoms with Gasteiger partial charge < -0.3 is 10.1 Å². The maximum Gasteiger partial charge on any atom is 0.308 e. The van der Waals surface area contributed by atoms with E-state index in [1.54, 1.807) is 13.0 Å². The van der Waals surface area contributed by atoms with E-state index in [2.05, 4.69) is 25.9 Å².